The second-order valence-electron chi connectivity index (χ2n) is 6.97. The summed E-state index contributed by atoms with van der Waals surface area (Å²) in [5.41, 5.74) is 2.84. The molecule has 21 heavy (non-hydrogen) atoms. The van der Waals surface area contributed by atoms with Crippen molar-refractivity contribution in [1.29, 1.82) is 0 Å². The van der Waals surface area contributed by atoms with Gasteiger partial charge < -0.3 is 10.2 Å². The van der Waals surface area contributed by atoms with Crippen LogP contribution in [0.4, 0.5) is 0 Å². The maximum absolute atomic E-state index is 11.4. The van der Waals surface area contributed by atoms with Crippen molar-refractivity contribution in [2.75, 3.05) is 13.1 Å². The number of rotatable bonds is 2. The molecule has 1 heterocycles. The number of carboxylic acids is 1. The summed E-state index contributed by atoms with van der Waals surface area (Å²) in [6.45, 7) is 7.45. The first-order valence-corrected chi connectivity index (χ1v) is 7.63. The molecule has 0 saturated carbocycles. The smallest absolute Gasteiger partial charge is 0.310 e. The highest BCUT2D eigenvalue weighted by molar-refractivity contribution is 5.75. The van der Waals surface area contributed by atoms with Crippen molar-refractivity contribution in [2.45, 2.75) is 45.6 Å². The number of hydrogen-bond acceptors (Lipinski definition) is 3. The van der Waals surface area contributed by atoms with Gasteiger partial charge in [-0.05, 0) is 56.3 Å². The number of benzene rings is 1. The molecule has 3 unspecified atom stereocenters. The van der Waals surface area contributed by atoms with Crippen molar-refractivity contribution < 1.29 is 15.0 Å². The Balaban J connectivity index is 1.95. The number of carboxylic acid groups (broad SMARTS) is 1. The summed E-state index contributed by atoms with van der Waals surface area (Å²) in [6.07, 6.45) is 1.64. The number of fused-ring (bicyclic) bond motifs is 1. The fourth-order valence-corrected chi connectivity index (χ4v) is 4.08. The van der Waals surface area contributed by atoms with Gasteiger partial charge in [0, 0.05) is 18.2 Å². The highest BCUT2D eigenvalue weighted by Gasteiger charge is 2.45. The average molecular weight is 289 g/mol. The van der Waals surface area contributed by atoms with Crippen LogP contribution in [0, 0.1) is 12.3 Å². The Kier molecular flexibility index (Phi) is 3.24. The number of nitrogens with zero attached hydrogens (tertiary/aromatic N) is 1. The molecule has 0 aromatic heterocycles. The van der Waals surface area contributed by atoms with Gasteiger partial charge in [-0.2, -0.15) is 0 Å². The SMILES string of the molecule is Cc1ccc(O)c2c1C(C)CC2N1CCC(C)(C(=O)O)C1. The van der Waals surface area contributed by atoms with Crippen LogP contribution < -0.4 is 0 Å². The number of phenols is 1. The minimum atomic E-state index is -0.718. The van der Waals surface area contributed by atoms with Crippen molar-refractivity contribution in [1.82, 2.24) is 4.90 Å². The maximum atomic E-state index is 11.4. The van der Waals surface area contributed by atoms with Crippen molar-refractivity contribution in [3.8, 4) is 5.75 Å². The third kappa shape index (κ3) is 2.13. The van der Waals surface area contributed by atoms with E-state index in [4.69, 9.17) is 0 Å². The first-order valence-electron chi connectivity index (χ1n) is 7.63. The molecule has 1 aliphatic carbocycles. The van der Waals surface area contributed by atoms with Crippen molar-refractivity contribution >= 4 is 5.97 Å². The molecule has 3 atom stereocenters. The Bertz CT molecular complexity index is 598. The number of phenolic OH excluding ortho intramolecular Hbond substituents is 1. The van der Waals surface area contributed by atoms with Gasteiger partial charge in [-0.15, -0.1) is 0 Å². The molecule has 2 aliphatic rings. The topological polar surface area (TPSA) is 60.8 Å². The number of aliphatic carboxylic acids is 1. The lowest BCUT2D eigenvalue weighted by Crippen LogP contribution is -2.33. The number of carbonyl (C=O) groups is 1. The molecule has 1 saturated heterocycles. The molecule has 4 nitrogen and oxygen atoms in total. The minimum absolute atomic E-state index is 0.149. The predicted molar refractivity (Wildman–Crippen MR) is 80.5 cm³/mol. The lowest BCUT2D eigenvalue weighted by molar-refractivity contribution is -0.147. The Morgan fingerprint density at radius 3 is 2.71 bits per heavy atom. The minimum Gasteiger partial charge on any atom is -0.508 e. The number of hydrogen-bond donors (Lipinski definition) is 2. The van der Waals surface area contributed by atoms with E-state index < -0.39 is 11.4 Å². The van der Waals surface area contributed by atoms with E-state index in [1.54, 1.807) is 6.07 Å². The third-order valence-corrected chi connectivity index (χ3v) is 5.34. The Hall–Kier alpha value is -1.55. The monoisotopic (exact) mass is 289 g/mol. The van der Waals surface area contributed by atoms with Gasteiger partial charge in [0.15, 0.2) is 0 Å². The van der Waals surface area contributed by atoms with E-state index in [1.807, 2.05) is 13.0 Å². The van der Waals surface area contributed by atoms with Crippen molar-refractivity contribution in [2.24, 2.45) is 5.41 Å². The largest absolute Gasteiger partial charge is 0.508 e. The van der Waals surface area contributed by atoms with Gasteiger partial charge in [0.25, 0.3) is 0 Å². The zero-order chi connectivity index (χ0) is 15.4. The number of aromatic hydroxyl groups is 1. The zero-order valence-electron chi connectivity index (χ0n) is 12.9. The summed E-state index contributed by atoms with van der Waals surface area (Å²) in [5.74, 6) is 0.0485. The lowest BCUT2D eigenvalue weighted by Gasteiger charge is -2.27. The highest BCUT2D eigenvalue weighted by atomic mass is 16.4. The fourth-order valence-electron chi connectivity index (χ4n) is 4.08. The van der Waals surface area contributed by atoms with E-state index >= 15 is 0 Å². The fraction of sp³-hybridized carbons (Fsp3) is 0.588. The van der Waals surface area contributed by atoms with Crippen LogP contribution in [0.2, 0.25) is 0 Å². The molecule has 3 rings (SSSR count). The van der Waals surface area contributed by atoms with Gasteiger partial charge in [-0.3, -0.25) is 9.69 Å². The van der Waals surface area contributed by atoms with Gasteiger partial charge in [0.05, 0.1) is 5.41 Å². The molecule has 0 bridgehead atoms. The summed E-state index contributed by atoms with van der Waals surface area (Å²) < 4.78 is 0. The first kappa shape index (κ1) is 14.4. The molecule has 0 radical (unpaired) electrons. The summed E-state index contributed by atoms with van der Waals surface area (Å²) in [7, 11) is 0. The Morgan fingerprint density at radius 1 is 1.38 bits per heavy atom. The molecule has 4 heteroatoms. The zero-order valence-corrected chi connectivity index (χ0v) is 12.9. The quantitative estimate of drug-likeness (QED) is 0.878. The molecule has 1 aromatic carbocycles. The van der Waals surface area contributed by atoms with Crippen LogP contribution >= 0.6 is 0 Å². The van der Waals surface area contributed by atoms with Crippen LogP contribution in [0.15, 0.2) is 12.1 Å². The summed E-state index contributed by atoms with van der Waals surface area (Å²) >= 11 is 0. The van der Waals surface area contributed by atoms with E-state index in [1.165, 1.54) is 11.1 Å². The molecule has 114 valence electrons. The molecular formula is C17H23NO3. The van der Waals surface area contributed by atoms with Crippen LogP contribution in [0.3, 0.4) is 0 Å². The maximum Gasteiger partial charge on any atom is 0.310 e. The molecule has 1 aromatic rings. The van der Waals surface area contributed by atoms with Crippen LogP contribution in [-0.2, 0) is 4.79 Å². The number of aryl methyl sites for hydroxylation is 1. The predicted octanol–water partition coefficient (Wildman–Crippen LogP) is 3.05. The van der Waals surface area contributed by atoms with E-state index in [-0.39, 0.29) is 6.04 Å². The normalized spacial score (nSPS) is 32.3. The van der Waals surface area contributed by atoms with E-state index in [2.05, 4.69) is 18.7 Å². The van der Waals surface area contributed by atoms with Gasteiger partial charge in [0.2, 0.25) is 0 Å². The second-order valence-corrected chi connectivity index (χ2v) is 6.97. The van der Waals surface area contributed by atoms with Crippen molar-refractivity contribution in [3.63, 3.8) is 0 Å². The second kappa shape index (κ2) is 4.73. The standard InChI is InChI=1S/C17H23NO3/c1-10-4-5-13(19)15-12(8-11(2)14(10)15)18-7-6-17(3,9-18)16(20)21/h4-5,11-12,19H,6-9H2,1-3H3,(H,20,21). The van der Waals surface area contributed by atoms with Gasteiger partial charge >= 0.3 is 5.97 Å². The van der Waals surface area contributed by atoms with Gasteiger partial charge in [-0.1, -0.05) is 13.0 Å². The summed E-state index contributed by atoms with van der Waals surface area (Å²) in [4.78, 5) is 13.7. The molecular weight excluding hydrogens is 266 g/mol. The molecule has 2 N–H and O–H groups in total. The van der Waals surface area contributed by atoms with E-state index in [0.29, 0.717) is 24.6 Å². The van der Waals surface area contributed by atoms with Crippen LogP contribution in [-0.4, -0.2) is 34.2 Å². The lowest BCUT2D eigenvalue weighted by atomic mass is 9.90. The Morgan fingerprint density at radius 2 is 2.10 bits per heavy atom. The van der Waals surface area contributed by atoms with Gasteiger partial charge in [0.1, 0.15) is 5.75 Å². The third-order valence-electron chi connectivity index (χ3n) is 5.34. The molecule has 1 aliphatic heterocycles. The highest BCUT2D eigenvalue weighted by Crippen LogP contribution is 2.50. The summed E-state index contributed by atoms with van der Waals surface area (Å²) in [6, 6.07) is 3.89. The first-order chi connectivity index (χ1) is 9.83. The molecule has 0 amide bonds. The molecule has 0 spiro atoms. The van der Waals surface area contributed by atoms with Crippen molar-refractivity contribution in [3.05, 3.63) is 28.8 Å². The molecule has 1 fully saturated rings. The van der Waals surface area contributed by atoms with Crippen LogP contribution in [0.1, 0.15) is 55.3 Å². The summed E-state index contributed by atoms with van der Waals surface area (Å²) in [5, 5.41) is 19.7. The number of likely N-dealkylation sites (tertiary alicyclic amines) is 1. The van der Waals surface area contributed by atoms with Crippen LogP contribution in [0.5, 0.6) is 5.75 Å². The Labute approximate surface area is 125 Å². The average Bonchev–Trinajstić information content (AvgIpc) is 2.97. The van der Waals surface area contributed by atoms with Crippen LogP contribution in [0.25, 0.3) is 0 Å². The van der Waals surface area contributed by atoms with Gasteiger partial charge in [-0.25, -0.2) is 0 Å². The van der Waals surface area contributed by atoms with E-state index in [0.717, 1.165) is 18.5 Å². The van der Waals surface area contributed by atoms with E-state index in [9.17, 15) is 15.0 Å².